The van der Waals surface area contributed by atoms with Crippen LogP contribution in [0.1, 0.15) is 22.8 Å². The lowest BCUT2D eigenvalue weighted by Gasteiger charge is -2.27. The molecule has 2 amide bonds. The van der Waals surface area contributed by atoms with Crippen LogP contribution in [0.15, 0.2) is 24.3 Å². The van der Waals surface area contributed by atoms with Crippen molar-refractivity contribution in [1.82, 2.24) is 10.2 Å². The molecule has 0 radical (unpaired) electrons. The van der Waals surface area contributed by atoms with Gasteiger partial charge in [-0.1, -0.05) is 17.7 Å². The van der Waals surface area contributed by atoms with Crippen LogP contribution in [0, 0.1) is 6.92 Å². The van der Waals surface area contributed by atoms with Crippen LogP contribution in [0.2, 0.25) is 0 Å². The summed E-state index contributed by atoms with van der Waals surface area (Å²) in [6, 6.07) is 5.62. The molecule has 0 unspecified atom stereocenters. The van der Waals surface area contributed by atoms with Crippen LogP contribution in [0.25, 0.3) is 0 Å². The Morgan fingerprint density at radius 1 is 1.27 bits per heavy atom. The number of nitrogens with one attached hydrogen (secondary N) is 1. The Balaban J connectivity index is 2.62. The van der Waals surface area contributed by atoms with E-state index in [-0.39, 0.29) is 11.4 Å². The molecule has 1 aromatic rings. The number of carbonyl (C=O) groups is 2. The lowest BCUT2D eigenvalue weighted by Crippen LogP contribution is -2.48. The summed E-state index contributed by atoms with van der Waals surface area (Å²) in [6.45, 7) is 1.36. The number of alkyl halides is 3. The molecular formula is C14H17F3N2O3. The highest BCUT2D eigenvalue weighted by Gasteiger charge is 2.35. The summed E-state index contributed by atoms with van der Waals surface area (Å²) in [7, 11) is 0. The van der Waals surface area contributed by atoms with Gasteiger partial charge in [-0.05, 0) is 26.0 Å². The monoisotopic (exact) mass is 318 g/mol. The molecule has 0 bridgehead atoms. The Morgan fingerprint density at radius 3 is 2.27 bits per heavy atom. The summed E-state index contributed by atoms with van der Waals surface area (Å²) in [5.41, 5.74) is 1.32. The molecule has 8 heteroatoms. The number of nitrogens with zero attached hydrogens (tertiary/aromatic N) is 1. The molecule has 5 nitrogen and oxygen atoms in total. The number of carboxylic acid groups (broad SMARTS) is 1. The van der Waals surface area contributed by atoms with Crippen LogP contribution in [0.5, 0.6) is 0 Å². The van der Waals surface area contributed by atoms with Crippen molar-refractivity contribution in [2.45, 2.75) is 26.1 Å². The van der Waals surface area contributed by atoms with E-state index in [2.05, 4.69) is 5.32 Å². The quantitative estimate of drug-likeness (QED) is 0.877. The van der Waals surface area contributed by atoms with Gasteiger partial charge < -0.3 is 10.4 Å². The molecule has 1 rings (SSSR count). The van der Waals surface area contributed by atoms with Crippen molar-refractivity contribution in [1.29, 1.82) is 0 Å². The Morgan fingerprint density at radius 2 is 1.82 bits per heavy atom. The fourth-order valence-electron chi connectivity index (χ4n) is 1.76. The van der Waals surface area contributed by atoms with Gasteiger partial charge in [0.25, 0.3) is 5.91 Å². The third kappa shape index (κ3) is 5.63. The third-order valence-corrected chi connectivity index (χ3v) is 3.00. The van der Waals surface area contributed by atoms with Gasteiger partial charge in [0.05, 0.1) is 0 Å². The highest BCUT2D eigenvalue weighted by molar-refractivity contribution is 5.94. The van der Waals surface area contributed by atoms with Crippen molar-refractivity contribution in [3.63, 3.8) is 0 Å². The summed E-state index contributed by atoms with van der Waals surface area (Å²) in [6.07, 6.45) is -6.32. The van der Waals surface area contributed by atoms with Crippen molar-refractivity contribution < 1.29 is 27.9 Å². The average Bonchev–Trinajstić information content (AvgIpc) is 2.41. The van der Waals surface area contributed by atoms with Crippen LogP contribution in [0.4, 0.5) is 18.0 Å². The number of benzene rings is 1. The van der Waals surface area contributed by atoms with Gasteiger partial charge in [-0.15, -0.1) is 0 Å². The Hall–Kier alpha value is -2.25. The number of aryl methyl sites for hydroxylation is 1. The second-order valence-corrected chi connectivity index (χ2v) is 4.95. The van der Waals surface area contributed by atoms with Gasteiger partial charge in [-0.3, -0.25) is 9.69 Å². The standard InChI is InChI=1S/C14H17F3N2O3/c1-9-3-5-11(6-4-9)12(20)18-7-10(2)19(13(21)22)8-14(15,16)17/h3-6,10H,7-8H2,1-2H3,(H,18,20)(H,21,22)/t10-/m0/s1. The van der Waals surface area contributed by atoms with Crippen molar-refractivity contribution in [3.05, 3.63) is 35.4 Å². The first-order valence-electron chi connectivity index (χ1n) is 6.51. The van der Waals surface area contributed by atoms with Crippen molar-refractivity contribution in [2.24, 2.45) is 0 Å². The molecule has 0 saturated carbocycles. The second kappa shape index (κ2) is 7.15. The molecule has 0 aliphatic carbocycles. The molecule has 0 aromatic heterocycles. The fraction of sp³-hybridized carbons (Fsp3) is 0.429. The molecule has 0 aliphatic rings. The third-order valence-electron chi connectivity index (χ3n) is 3.00. The number of amides is 2. The second-order valence-electron chi connectivity index (χ2n) is 4.95. The van der Waals surface area contributed by atoms with Crippen LogP contribution in [-0.2, 0) is 0 Å². The smallest absolute Gasteiger partial charge is 0.407 e. The molecule has 0 aliphatic heterocycles. The lowest BCUT2D eigenvalue weighted by molar-refractivity contribution is -0.145. The highest BCUT2D eigenvalue weighted by atomic mass is 19.4. The van der Waals surface area contributed by atoms with Gasteiger partial charge in [0.15, 0.2) is 0 Å². The zero-order valence-corrected chi connectivity index (χ0v) is 12.1. The summed E-state index contributed by atoms with van der Waals surface area (Å²) in [4.78, 5) is 23.0. The summed E-state index contributed by atoms with van der Waals surface area (Å²) in [5.74, 6) is -0.468. The number of halogens is 3. The van der Waals surface area contributed by atoms with E-state index >= 15 is 0 Å². The summed E-state index contributed by atoms with van der Waals surface area (Å²) >= 11 is 0. The molecule has 0 spiro atoms. The first-order valence-corrected chi connectivity index (χ1v) is 6.51. The van der Waals surface area contributed by atoms with E-state index in [1.54, 1.807) is 24.3 Å². The minimum absolute atomic E-state index is 0.213. The van der Waals surface area contributed by atoms with Crippen LogP contribution in [0.3, 0.4) is 0 Å². The number of rotatable bonds is 5. The van der Waals surface area contributed by atoms with Crippen LogP contribution < -0.4 is 5.32 Å². The molecule has 22 heavy (non-hydrogen) atoms. The van der Waals surface area contributed by atoms with Gasteiger partial charge in [-0.25, -0.2) is 4.79 Å². The zero-order chi connectivity index (χ0) is 16.9. The highest BCUT2D eigenvalue weighted by Crippen LogP contribution is 2.18. The first-order chi connectivity index (χ1) is 10.1. The van der Waals surface area contributed by atoms with E-state index < -0.39 is 30.8 Å². The van der Waals surface area contributed by atoms with Gasteiger partial charge >= 0.3 is 12.3 Å². The van der Waals surface area contributed by atoms with Crippen LogP contribution in [-0.4, -0.2) is 47.3 Å². The molecule has 2 N–H and O–H groups in total. The predicted octanol–water partition coefficient (Wildman–Crippen LogP) is 2.66. The zero-order valence-electron chi connectivity index (χ0n) is 12.1. The average molecular weight is 318 g/mol. The number of hydrogen-bond acceptors (Lipinski definition) is 2. The summed E-state index contributed by atoms with van der Waals surface area (Å²) < 4.78 is 37.0. The number of hydrogen-bond donors (Lipinski definition) is 2. The summed E-state index contributed by atoms with van der Waals surface area (Å²) in [5, 5.41) is 11.3. The molecule has 0 heterocycles. The van der Waals surface area contributed by atoms with E-state index in [1.807, 2.05) is 6.92 Å². The minimum Gasteiger partial charge on any atom is -0.465 e. The van der Waals surface area contributed by atoms with E-state index in [4.69, 9.17) is 5.11 Å². The first kappa shape index (κ1) is 17.8. The molecule has 1 atom stereocenters. The predicted molar refractivity (Wildman–Crippen MR) is 73.8 cm³/mol. The maximum absolute atomic E-state index is 12.3. The molecule has 0 saturated heterocycles. The van der Waals surface area contributed by atoms with Gasteiger partial charge in [0, 0.05) is 18.2 Å². The SMILES string of the molecule is Cc1ccc(C(=O)NC[C@H](C)N(CC(F)(F)F)C(=O)O)cc1. The van der Waals surface area contributed by atoms with E-state index in [1.165, 1.54) is 6.92 Å². The maximum atomic E-state index is 12.3. The Bertz CT molecular complexity index is 529. The Labute approximate surface area is 125 Å². The van der Waals surface area contributed by atoms with Crippen molar-refractivity contribution in [3.8, 4) is 0 Å². The minimum atomic E-state index is -4.63. The lowest BCUT2D eigenvalue weighted by atomic mass is 10.1. The molecule has 0 fully saturated rings. The fourth-order valence-corrected chi connectivity index (χ4v) is 1.76. The largest absolute Gasteiger partial charge is 0.465 e. The van der Waals surface area contributed by atoms with Gasteiger partial charge in [0.2, 0.25) is 0 Å². The molecule has 122 valence electrons. The van der Waals surface area contributed by atoms with Crippen molar-refractivity contribution in [2.75, 3.05) is 13.1 Å². The van der Waals surface area contributed by atoms with Crippen LogP contribution >= 0.6 is 0 Å². The normalized spacial score (nSPS) is 12.6. The topological polar surface area (TPSA) is 69.6 Å². The van der Waals surface area contributed by atoms with Crippen molar-refractivity contribution >= 4 is 12.0 Å². The van der Waals surface area contributed by atoms with Gasteiger partial charge in [-0.2, -0.15) is 13.2 Å². The molecule has 1 aromatic carbocycles. The van der Waals surface area contributed by atoms with E-state index in [0.717, 1.165) is 5.56 Å². The van der Waals surface area contributed by atoms with E-state index in [0.29, 0.717) is 5.56 Å². The van der Waals surface area contributed by atoms with E-state index in [9.17, 15) is 22.8 Å². The van der Waals surface area contributed by atoms with Gasteiger partial charge in [0.1, 0.15) is 6.54 Å². The maximum Gasteiger partial charge on any atom is 0.407 e. The molecular weight excluding hydrogens is 301 g/mol. The number of carbonyl (C=O) groups excluding carboxylic acids is 1. The Kier molecular flexibility index (Phi) is 5.78.